The zero-order chi connectivity index (χ0) is 11.4. The Bertz CT molecular complexity index is 281. The molecule has 15 heavy (non-hydrogen) atoms. The Morgan fingerprint density at radius 2 is 1.73 bits per heavy atom. The second-order valence-corrected chi connectivity index (χ2v) is 6.42. The maximum atomic E-state index is 10.5. The summed E-state index contributed by atoms with van der Waals surface area (Å²) >= 11 is 0. The van der Waals surface area contributed by atoms with Gasteiger partial charge in [0, 0.05) is 0 Å². The van der Waals surface area contributed by atoms with Crippen LogP contribution in [0.5, 0.6) is 0 Å². The number of hydrogen-bond acceptors (Lipinski definition) is 2. The first-order valence-corrected chi connectivity index (χ1v) is 7.31. The van der Waals surface area contributed by atoms with E-state index in [1.807, 2.05) is 0 Å². The van der Waals surface area contributed by atoms with Crippen molar-refractivity contribution < 1.29 is 17.5 Å². The first kappa shape index (κ1) is 12.9. The molecule has 0 saturated carbocycles. The summed E-state index contributed by atoms with van der Waals surface area (Å²) < 4.78 is 30.7. The highest BCUT2D eigenvalue weighted by molar-refractivity contribution is 7.85. The molecule has 0 aromatic heterocycles. The molecule has 0 aliphatic carbocycles. The number of piperidine rings is 1. The van der Waals surface area contributed by atoms with Crippen molar-refractivity contribution in [3.8, 4) is 0 Å². The maximum absolute atomic E-state index is 10.5. The topological polar surface area (TPSA) is 54.4 Å². The van der Waals surface area contributed by atoms with Gasteiger partial charge in [0.1, 0.15) is 0 Å². The van der Waals surface area contributed by atoms with Gasteiger partial charge in [-0.1, -0.05) is 0 Å². The van der Waals surface area contributed by atoms with Crippen LogP contribution >= 0.6 is 0 Å². The van der Waals surface area contributed by atoms with E-state index >= 15 is 0 Å². The largest absolute Gasteiger partial charge is 0.326 e. The molecule has 0 bridgehead atoms. The molecule has 0 spiro atoms. The lowest BCUT2D eigenvalue weighted by atomic mass is 10.1. The van der Waals surface area contributed by atoms with Crippen LogP contribution in [-0.4, -0.2) is 49.9 Å². The number of likely N-dealkylation sites (tertiary alicyclic amines) is 1. The third-order valence-electron chi connectivity index (χ3n) is 3.25. The summed E-state index contributed by atoms with van der Waals surface area (Å²) in [5, 5.41) is 0. The summed E-state index contributed by atoms with van der Waals surface area (Å²) in [6.45, 7) is 3.47. The standard InChI is InChI=1S/C10H21NO3S/c1-11(7-3-2-4-8-11)9-5-6-10-15(12,13)14/h2-10H2,1H3/p+1. The van der Waals surface area contributed by atoms with E-state index < -0.39 is 10.1 Å². The molecule has 1 rings (SSSR count). The molecule has 0 aromatic rings. The van der Waals surface area contributed by atoms with Gasteiger partial charge in [-0.05, 0) is 32.1 Å². The van der Waals surface area contributed by atoms with E-state index in [2.05, 4.69) is 7.05 Å². The predicted molar refractivity (Wildman–Crippen MR) is 60.3 cm³/mol. The van der Waals surface area contributed by atoms with Crippen molar-refractivity contribution in [3.63, 3.8) is 0 Å². The molecule has 0 aromatic carbocycles. The van der Waals surface area contributed by atoms with Crippen molar-refractivity contribution >= 4 is 10.1 Å². The SMILES string of the molecule is C[N+]1(CCCCS(=O)(=O)O)CCCCC1. The quantitative estimate of drug-likeness (QED) is 0.444. The van der Waals surface area contributed by atoms with Crippen LogP contribution in [0.4, 0.5) is 0 Å². The second-order valence-electron chi connectivity index (χ2n) is 4.84. The minimum Gasteiger partial charge on any atom is -0.326 e. The van der Waals surface area contributed by atoms with Crippen LogP contribution in [0.1, 0.15) is 32.1 Å². The van der Waals surface area contributed by atoms with Crippen molar-refractivity contribution in [1.29, 1.82) is 0 Å². The van der Waals surface area contributed by atoms with Gasteiger partial charge in [-0.25, -0.2) is 0 Å². The van der Waals surface area contributed by atoms with Crippen LogP contribution in [-0.2, 0) is 10.1 Å². The smallest absolute Gasteiger partial charge is 0.264 e. The van der Waals surface area contributed by atoms with Gasteiger partial charge in [0.2, 0.25) is 0 Å². The summed E-state index contributed by atoms with van der Waals surface area (Å²) in [5.41, 5.74) is 0. The van der Waals surface area contributed by atoms with Crippen LogP contribution in [0.25, 0.3) is 0 Å². The monoisotopic (exact) mass is 236 g/mol. The molecule has 0 atom stereocenters. The van der Waals surface area contributed by atoms with E-state index in [1.54, 1.807) is 0 Å². The minimum atomic E-state index is -3.75. The fraction of sp³-hybridized carbons (Fsp3) is 1.00. The van der Waals surface area contributed by atoms with E-state index in [-0.39, 0.29) is 5.75 Å². The molecule has 4 nitrogen and oxygen atoms in total. The van der Waals surface area contributed by atoms with Crippen LogP contribution in [0.15, 0.2) is 0 Å². The van der Waals surface area contributed by atoms with E-state index in [0.29, 0.717) is 6.42 Å². The third-order valence-corrected chi connectivity index (χ3v) is 4.05. The molecule has 1 saturated heterocycles. The molecule has 0 unspecified atom stereocenters. The Morgan fingerprint density at radius 3 is 2.27 bits per heavy atom. The number of quaternary nitrogens is 1. The lowest BCUT2D eigenvalue weighted by molar-refractivity contribution is -0.914. The van der Waals surface area contributed by atoms with E-state index in [9.17, 15) is 8.42 Å². The molecule has 5 heteroatoms. The van der Waals surface area contributed by atoms with Gasteiger partial charge in [0.05, 0.1) is 32.4 Å². The highest BCUT2D eigenvalue weighted by Crippen LogP contribution is 2.17. The Labute approximate surface area is 92.6 Å². The number of hydrogen-bond donors (Lipinski definition) is 1. The summed E-state index contributed by atoms with van der Waals surface area (Å²) in [6, 6.07) is 0. The predicted octanol–water partition coefficient (Wildman–Crippen LogP) is 1.28. The normalized spacial score (nSPS) is 21.5. The fourth-order valence-corrected chi connectivity index (χ4v) is 2.85. The molecule has 90 valence electrons. The number of nitrogens with zero attached hydrogens (tertiary/aromatic N) is 1. The highest BCUT2D eigenvalue weighted by Gasteiger charge is 2.23. The van der Waals surface area contributed by atoms with Crippen molar-refractivity contribution in [2.75, 3.05) is 32.4 Å². The van der Waals surface area contributed by atoms with Crippen LogP contribution in [0.3, 0.4) is 0 Å². The zero-order valence-electron chi connectivity index (χ0n) is 9.48. The summed E-state index contributed by atoms with van der Waals surface area (Å²) in [7, 11) is -1.51. The van der Waals surface area contributed by atoms with Gasteiger partial charge in [0.15, 0.2) is 0 Å². The van der Waals surface area contributed by atoms with Crippen LogP contribution in [0, 0.1) is 0 Å². The summed E-state index contributed by atoms with van der Waals surface area (Å²) in [5.74, 6) is -0.0903. The van der Waals surface area contributed by atoms with Gasteiger partial charge in [0.25, 0.3) is 10.1 Å². The molecule has 1 N–H and O–H groups in total. The van der Waals surface area contributed by atoms with Crippen molar-refractivity contribution in [2.24, 2.45) is 0 Å². The summed E-state index contributed by atoms with van der Waals surface area (Å²) in [4.78, 5) is 0. The lowest BCUT2D eigenvalue weighted by Crippen LogP contribution is -2.48. The Balaban J connectivity index is 2.19. The molecule has 1 fully saturated rings. The Morgan fingerprint density at radius 1 is 1.13 bits per heavy atom. The molecule has 0 radical (unpaired) electrons. The van der Waals surface area contributed by atoms with Crippen molar-refractivity contribution in [2.45, 2.75) is 32.1 Å². The van der Waals surface area contributed by atoms with Gasteiger partial charge in [-0.15, -0.1) is 0 Å². The third kappa shape index (κ3) is 5.49. The van der Waals surface area contributed by atoms with Crippen molar-refractivity contribution in [3.05, 3.63) is 0 Å². The number of unbranched alkanes of at least 4 members (excludes halogenated alkanes) is 1. The zero-order valence-corrected chi connectivity index (χ0v) is 10.3. The average Bonchev–Trinajstić information content (AvgIpc) is 2.12. The van der Waals surface area contributed by atoms with Crippen molar-refractivity contribution in [1.82, 2.24) is 0 Å². The summed E-state index contributed by atoms with van der Waals surface area (Å²) in [6.07, 6.45) is 5.37. The highest BCUT2D eigenvalue weighted by atomic mass is 32.2. The lowest BCUT2D eigenvalue weighted by Gasteiger charge is -2.37. The second kappa shape index (κ2) is 5.27. The van der Waals surface area contributed by atoms with Gasteiger partial charge in [-0.2, -0.15) is 8.42 Å². The maximum Gasteiger partial charge on any atom is 0.264 e. The molecule has 0 amide bonds. The van der Waals surface area contributed by atoms with Gasteiger partial charge < -0.3 is 4.48 Å². The minimum absolute atomic E-state index is 0.0903. The number of rotatable bonds is 5. The Kier molecular flexibility index (Phi) is 4.55. The molecule has 1 aliphatic rings. The van der Waals surface area contributed by atoms with Gasteiger partial charge in [-0.3, -0.25) is 4.55 Å². The molecular formula is C10H22NO3S+. The van der Waals surface area contributed by atoms with E-state index in [0.717, 1.165) is 17.4 Å². The van der Waals surface area contributed by atoms with E-state index in [1.165, 1.54) is 32.4 Å². The van der Waals surface area contributed by atoms with Crippen LogP contribution < -0.4 is 0 Å². The average molecular weight is 236 g/mol. The van der Waals surface area contributed by atoms with E-state index in [4.69, 9.17) is 4.55 Å². The molecule has 1 heterocycles. The van der Waals surface area contributed by atoms with Gasteiger partial charge >= 0.3 is 0 Å². The van der Waals surface area contributed by atoms with Crippen LogP contribution in [0.2, 0.25) is 0 Å². The molecule has 1 aliphatic heterocycles. The first-order valence-electron chi connectivity index (χ1n) is 5.70. The first-order chi connectivity index (χ1) is 6.91. The fourth-order valence-electron chi connectivity index (χ4n) is 2.28. The molecular weight excluding hydrogens is 214 g/mol. The Hall–Kier alpha value is -0.130.